The van der Waals surface area contributed by atoms with E-state index in [0.717, 1.165) is 5.47 Å². The highest BCUT2D eigenvalue weighted by Crippen LogP contribution is 2.38. The molecule has 6 nitrogen and oxygen atoms in total. The predicted octanol–water partition coefficient (Wildman–Crippen LogP) is 1.63. The minimum Gasteiger partial charge on any atom is -0.400 e. The van der Waals surface area contributed by atoms with E-state index in [9.17, 15) is 4.79 Å². The number of rotatable bonds is 4. The maximum Gasteiger partial charge on any atom is 0.492 e. The van der Waals surface area contributed by atoms with Gasteiger partial charge in [-0.15, -0.1) is 0 Å². The summed E-state index contributed by atoms with van der Waals surface area (Å²) >= 11 is 0. The van der Waals surface area contributed by atoms with Crippen molar-refractivity contribution in [3.05, 3.63) is 29.8 Å². The predicted molar refractivity (Wildman–Crippen MR) is 84.8 cm³/mol. The topological polar surface area (TPSA) is 73.3 Å². The Hall–Kier alpha value is -1.73. The molecule has 0 bridgehead atoms. The molecule has 0 unspecified atom stereocenters. The molecule has 22 heavy (non-hydrogen) atoms. The van der Waals surface area contributed by atoms with Crippen molar-refractivity contribution in [2.45, 2.75) is 45.8 Å². The molecule has 118 valence electrons. The zero-order chi connectivity index (χ0) is 16.4. The minimum absolute atomic E-state index is 0.114. The monoisotopic (exact) mass is 303 g/mol. The first-order valence-electron chi connectivity index (χ1n) is 7.29. The number of nitrogens with one attached hydrogen (secondary N) is 1. The second kappa shape index (κ2) is 6.18. The second-order valence-corrected chi connectivity index (χ2v) is 6.32. The molecule has 0 spiro atoms. The van der Waals surface area contributed by atoms with E-state index >= 15 is 0 Å². The fourth-order valence-corrected chi connectivity index (χ4v) is 1.97. The Balaban J connectivity index is 2.26. The van der Waals surface area contributed by atoms with Crippen LogP contribution < -0.4 is 5.32 Å². The molecule has 2 heterocycles. The third-order valence-electron chi connectivity index (χ3n) is 4.00. The molecule has 7 heteroatoms. The molecule has 1 aliphatic rings. The number of hydrogen-bond acceptors (Lipinski definition) is 5. The molecule has 1 aromatic heterocycles. The van der Waals surface area contributed by atoms with E-state index in [1.807, 2.05) is 27.7 Å². The summed E-state index contributed by atoms with van der Waals surface area (Å²) < 4.78 is 12.1. The minimum atomic E-state index is -0.541. The standard InChI is InChI=1S/C15H22BN3O3/c1-11(20)19-10-12(9-13-17-7-6-8-18-13)16-21-14(2,3)15(4,5)22-16/h6-9H,10H2,1-5H3,(H,19,20). The number of aromatic nitrogens is 2. The number of amides is 1. The Bertz CT molecular complexity index is 557. The van der Waals surface area contributed by atoms with Gasteiger partial charge in [-0.25, -0.2) is 9.97 Å². The zero-order valence-corrected chi connectivity index (χ0v) is 13.7. The summed E-state index contributed by atoms with van der Waals surface area (Å²) in [4.78, 5) is 19.6. The van der Waals surface area contributed by atoms with Crippen LogP contribution >= 0.6 is 0 Å². The van der Waals surface area contributed by atoms with Gasteiger partial charge in [-0.2, -0.15) is 0 Å². The summed E-state index contributed by atoms with van der Waals surface area (Å²) in [5.41, 5.74) is -0.102. The molecule has 1 aromatic rings. The average Bonchev–Trinajstić information content (AvgIpc) is 2.64. The molecule has 1 amide bonds. The molecule has 1 saturated heterocycles. The summed E-state index contributed by atoms with van der Waals surface area (Å²) in [5, 5.41) is 2.77. The lowest BCUT2D eigenvalue weighted by Crippen LogP contribution is -2.41. The maximum absolute atomic E-state index is 11.2. The van der Waals surface area contributed by atoms with Crippen LogP contribution in [0.5, 0.6) is 0 Å². The Kier molecular flexibility index (Phi) is 4.67. The van der Waals surface area contributed by atoms with Crippen LogP contribution in [-0.4, -0.2) is 40.7 Å². The highest BCUT2D eigenvalue weighted by atomic mass is 16.7. The molecule has 0 saturated carbocycles. The largest absolute Gasteiger partial charge is 0.492 e. The molecule has 1 N–H and O–H groups in total. The molecule has 1 aliphatic heterocycles. The van der Waals surface area contributed by atoms with E-state index in [-0.39, 0.29) is 5.91 Å². The number of carbonyl (C=O) groups is 1. The van der Waals surface area contributed by atoms with Gasteiger partial charge in [0.2, 0.25) is 5.91 Å². The average molecular weight is 303 g/mol. The zero-order valence-electron chi connectivity index (χ0n) is 13.7. The van der Waals surface area contributed by atoms with Gasteiger partial charge < -0.3 is 14.6 Å². The van der Waals surface area contributed by atoms with Crippen LogP contribution in [0.2, 0.25) is 0 Å². The number of hydrogen-bond donors (Lipinski definition) is 1. The van der Waals surface area contributed by atoms with Crippen molar-refractivity contribution in [2.75, 3.05) is 6.54 Å². The smallest absolute Gasteiger partial charge is 0.400 e. The van der Waals surface area contributed by atoms with E-state index in [1.165, 1.54) is 6.92 Å². The van der Waals surface area contributed by atoms with Crippen LogP contribution in [0.3, 0.4) is 0 Å². The molecule has 0 aliphatic carbocycles. The van der Waals surface area contributed by atoms with E-state index in [4.69, 9.17) is 9.31 Å². The van der Waals surface area contributed by atoms with Crippen LogP contribution in [0.25, 0.3) is 6.08 Å². The van der Waals surface area contributed by atoms with Gasteiger partial charge in [0, 0.05) is 25.9 Å². The third-order valence-corrected chi connectivity index (χ3v) is 4.00. The van der Waals surface area contributed by atoms with Gasteiger partial charge in [-0.1, -0.05) is 0 Å². The lowest BCUT2D eigenvalue weighted by Gasteiger charge is -2.32. The highest BCUT2D eigenvalue weighted by Gasteiger charge is 2.52. The molecule has 0 atom stereocenters. The quantitative estimate of drug-likeness (QED) is 0.856. The number of carbonyl (C=O) groups excluding carboxylic acids is 1. The van der Waals surface area contributed by atoms with Gasteiger partial charge >= 0.3 is 7.12 Å². The van der Waals surface area contributed by atoms with Crippen molar-refractivity contribution < 1.29 is 14.1 Å². The SMILES string of the molecule is CC(=O)NCC(=Cc1ncccn1)B1OC(C)(C)C(C)(C)O1. The van der Waals surface area contributed by atoms with E-state index in [0.29, 0.717) is 12.4 Å². The summed E-state index contributed by atoms with van der Waals surface area (Å²) in [6.45, 7) is 9.75. The lowest BCUT2D eigenvalue weighted by atomic mass is 9.77. The Morgan fingerprint density at radius 1 is 1.23 bits per heavy atom. The first-order chi connectivity index (χ1) is 10.2. The van der Waals surface area contributed by atoms with Gasteiger partial charge in [0.05, 0.1) is 11.2 Å². The van der Waals surface area contributed by atoms with Crippen molar-refractivity contribution >= 4 is 19.1 Å². The van der Waals surface area contributed by atoms with Gasteiger partial charge in [0.1, 0.15) is 0 Å². The van der Waals surface area contributed by atoms with Gasteiger partial charge in [-0.3, -0.25) is 4.79 Å². The first kappa shape index (κ1) is 16.6. The van der Waals surface area contributed by atoms with Gasteiger partial charge in [0.15, 0.2) is 5.82 Å². The third kappa shape index (κ3) is 3.72. The fourth-order valence-electron chi connectivity index (χ4n) is 1.97. The summed E-state index contributed by atoms with van der Waals surface area (Å²) in [7, 11) is -0.541. The van der Waals surface area contributed by atoms with Crippen molar-refractivity contribution in [1.82, 2.24) is 15.3 Å². The van der Waals surface area contributed by atoms with Gasteiger partial charge in [-0.05, 0) is 45.3 Å². The highest BCUT2D eigenvalue weighted by molar-refractivity contribution is 6.55. The first-order valence-corrected chi connectivity index (χ1v) is 7.29. The Morgan fingerprint density at radius 2 is 1.77 bits per heavy atom. The lowest BCUT2D eigenvalue weighted by molar-refractivity contribution is -0.118. The molecule has 2 rings (SSSR count). The fraction of sp³-hybridized carbons (Fsp3) is 0.533. The molecule has 1 fully saturated rings. The molecule has 0 aromatic carbocycles. The van der Waals surface area contributed by atoms with Crippen LogP contribution in [-0.2, 0) is 14.1 Å². The van der Waals surface area contributed by atoms with Crippen LogP contribution in [0.1, 0.15) is 40.4 Å². The molecular weight excluding hydrogens is 281 g/mol. The maximum atomic E-state index is 11.2. The summed E-state index contributed by atoms with van der Waals surface area (Å²) in [5.74, 6) is 0.439. The molecule has 0 radical (unpaired) electrons. The Morgan fingerprint density at radius 3 is 2.27 bits per heavy atom. The van der Waals surface area contributed by atoms with Crippen LogP contribution in [0, 0.1) is 0 Å². The van der Waals surface area contributed by atoms with Crippen LogP contribution in [0.15, 0.2) is 23.9 Å². The van der Waals surface area contributed by atoms with Crippen molar-refractivity contribution in [3.63, 3.8) is 0 Å². The Labute approximate surface area is 131 Å². The van der Waals surface area contributed by atoms with Crippen molar-refractivity contribution in [2.24, 2.45) is 0 Å². The second-order valence-electron chi connectivity index (χ2n) is 6.32. The van der Waals surface area contributed by atoms with E-state index in [1.54, 1.807) is 24.5 Å². The van der Waals surface area contributed by atoms with Crippen molar-refractivity contribution in [1.29, 1.82) is 0 Å². The normalized spacial score (nSPS) is 20.0. The summed E-state index contributed by atoms with van der Waals surface area (Å²) in [6, 6.07) is 1.75. The van der Waals surface area contributed by atoms with E-state index < -0.39 is 18.3 Å². The van der Waals surface area contributed by atoms with Gasteiger partial charge in [0.25, 0.3) is 0 Å². The number of nitrogens with zero attached hydrogens (tertiary/aromatic N) is 2. The van der Waals surface area contributed by atoms with Crippen LogP contribution in [0.4, 0.5) is 0 Å². The molecular formula is C15H22BN3O3. The van der Waals surface area contributed by atoms with Crippen molar-refractivity contribution in [3.8, 4) is 0 Å². The summed E-state index contributed by atoms with van der Waals surface area (Å²) in [6.07, 6.45) is 5.12. The van der Waals surface area contributed by atoms with E-state index in [2.05, 4.69) is 15.3 Å².